The summed E-state index contributed by atoms with van der Waals surface area (Å²) >= 11 is 7.63. The Balaban J connectivity index is 1.98. The van der Waals surface area contributed by atoms with Crippen molar-refractivity contribution in [3.8, 4) is 11.5 Å². The van der Waals surface area contributed by atoms with E-state index in [1.54, 1.807) is 19.0 Å². The fourth-order valence-electron chi connectivity index (χ4n) is 3.17. The lowest BCUT2D eigenvalue weighted by Crippen LogP contribution is -2.23. The normalized spacial score (nSPS) is 16.3. The monoisotopic (exact) mass is 456 g/mol. The lowest BCUT2D eigenvalue weighted by atomic mass is 10.0. The smallest absolute Gasteiger partial charge is 0.266 e. The van der Waals surface area contributed by atoms with Gasteiger partial charge in [-0.1, -0.05) is 35.9 Å². The quantitative estimate of drug-likeness (QED) is 0.384. The Bertz CT molecular complexity index is 1050. The SMILES string of the molecule is C=CCc1cc(/C=C2\SC(=NC)N(C)C2=O)cc(OCC)c1OCc1ccccc1Cl. The molecule has 0 unspecified atom stereocenters. The van der Waals surface area contributed by atoms with E-state index < -0.39 is 0 Å². The van der Waals surface area contributed by atoms with Crippen LogP contribution in [0.25, 0.3) is 6.08 Å². The molecule has 31 heavy (non-hydrogen) atoms. The van der Waals surface area contributed by atoms with Gasteiger partial charge >= 0.3 is 0 Å². The van der Waals surface area contributed by atoms with E-state index in [9.17, 15) is 4.79 Å². The number of hydrogen-bond donors (Lipinski definition) is 0. The van der Waals surface area contributed by atoms with E-state index in [-0.39, 0.29) is 5.91 Å². The van der Waals surface area contributed by atoms with Crippen LogP contribution in [0, 0.1) is 0 Å². The first kappa shape index (κ1) is 23.0. The van der Waals surface area contributed by atoms with Crippen LogP contribution in [-0.4, -0.2) is 36.7 Å². The van der Waals surface area contributed by atoms with Crippen LogP contribution in [0.2, 0.25) is 5.02 Å². The van der Waals surface area contributed by atoms with Crippen LogP contribution in [0.4, 0.5) is 0 Å². The third-order valence-corrected chi connectivity index (χ3v) is 6.16. The zero-order valence-electron chi connectivity index (χ0n) is 17.9. The van der Waals surface area contributed by atoms with Gasteiger partial charge in [0.15, 0.2) is 16.7 Å². The summed E-state index contributed by atoms with van der Waals surface area (Å²) < 4.78 is 12.1. The number of amides is 1. The van der Waals surface area contributed by atoms with Crippen LogP contribution >= 0.6 is 23.4 Å². The van der Waals surface area contributed by atoms with Gasteiger partial charge in [0.1, 0.15) is 6.61 Å². The third kappa shape index (κ3) is 5.32. The molecular weight excluding hydrogens is 432 g/mol. The summed E-state index contributed by atoms with van der Waals surface area (Å²) in [6, 6.07) is 11.5. The molecule has 3 rings (SSSR count). The molecule has 1 saturated heterocycles. The van der Waals surface area contributed by atoms with Crippen molar-refractivity contribution in [3.63, 3.8) is 0 Å². The van der Waals surface area contributed by atoms with Crippen molar-refractivity contribution in [3.05, 3.63) is 75.7 Å². The molecule has 1 amide bonds. The number of thioether (sulfide) groups is 1. The Morgan fingerprint density at radius 2 is 2.00 bits per heavy atom. The number of nitrogens with zero attached hydrogens (tertiary/aromatic N) is 2. The van der Waals surface area contributed by atoms with Gasteiger partial charge in [-0.15, -0.1) is 6.58 Å². The molecule has 0 aromatic heterocycles. The minimum atomic E-state index is -0.0760. The average Bonchev–Trinajstić information content (AvgIpc) is 3.02. The minimum Gasteiger partial charge on any atom is -0.490 e. The molecule has 0 bridgehead atoms. The van der Waals surface area contributed by atoms with Crippen molar-refractivity contribution in [2.75, 3.05) is 20.7 Å². The second-order valence-corrected chi connectivity index (χ2v) is 8.21. The lowest BCUT2D eigenvalue weighted by molar-refractivity contribution is -0.121. The highest BCUT2D eigenvalue weighted by atomic mass is 35.5. The Labute approximate surface area is 192 Å². The molecule has 162 valence electrons. The molecule has 2 aromatic carbocycles. The molecule has 7 heteroatoms. The number of carbonyl (C=O) groups is 1. The number of carbonyl (C=O) groups excluding carboxylic acids is 1. The summed E-state index contributed by atoms with van der Waals surface area (Å²) in [7, 11) is 3.40. The van der Waals surface area contributed by atoms with Crippen molar-refractivity contribution < 1.29 is 14.3 Å². The fourth-order valence-corrected chi connectivity index (χ4v) is 4.28. The van der Waals surface area contributed by atoms with E-state index in [4.69, 9.17) is 21.1 Å². The maximum absolute atomic E-state index is 12.5. The van der Waals surface area contributed by atoms with Crippen LogP contribution in [0.15, 0.2) is 59.0 Å². The lowest BCUT2D eigenvalue weighted by Gasteiger charge is -2.17. The predicted molar refractivity (Wildman–Crippen MR) is 129 cm³/mol. The summed E-state index contributed by atoms with van der Waals surface area (Å²) in [5.41, 5.74) is 2.67. The molecule has 0 aliphatic carbocycles. The first-order valence-corrected chi connectivity index (χ1v) is 11.1. The van der Waals surface area contributed by atoms with Gasteiger partial charge in [-0.05, 0) is 54.9 Å². The van der Waals surface area contributed by atoms with Crippen LogP contribution in [0.5, 0.6) is 11.5 Å². The van der Waals surface area contributed by atoms with Gasteiger partial charge in [-0.2, -0.15) is 0 Å². The Morgan fingerprint density at radius 3 is 2.65 bits per heavy atom. The number of allylic oxidation sites excluding steroid dienone is 1. The molecule has 1 fully saturated rings. The Kier molecular flexibility index (Phi) is 7.82. The van der Waals surface area contributed by atoms with Crippen LogP contribution in [0.3, 0.4) is 0 Å². The summed E-state index contributed by atoms with van der Waals surface area (Å²) in [4.78, 5) is 18.8. The number of likely N-dealkylation sites (N-methyl/N-ethyl adjacent to an activating group) is 1. The fraction of sp³-hybridized carbons (Fsp3) is 0.250. The first-order chi connectivity index (χ1) is 15.0. The van der Waals surface area contributed by atoms with Crippen LogP contribution < -0.4 is 9.47 Å². The third-order valence-electron chi connectivity index (χ3n) is 4.64. The number of rotatable bonds is 8. The molecule has 0 N–H and O–H groups in total. The molecule has 2 aromatic rings. The maximum Gasteiger partial charge on any atom is 0.266 e. The zero-order valence-corrected chi connectivity index (χ0v) is 19.4. The van der Waals surface area contributed by atoms with E-state index in [2.05, 4.69) is 11.6 Å². The van der Waals surface area contributed by atoms with E-state index in [1.807, 2.05) is 55.5 Å². The Morgan fingerprint density at radius 1 is 1.23 bits per heavy atom. The topological polar surface area (TPSA) is 51.1 Å². The van der Waals surface area contributed by atoms with Gasteiger partial charge in [0, 0.05) is 30.2 Å². The van der Waals surface area contributed by atoms with Crippen molar-refractivity contribution >= 4 is 40.5 Å². The number of benzene rings is 2. The van der Waals surface area contributed by atoms with E-state index >= 15 is 0 Å². The number of aliphatic imine (C=N–C) groups is 1. The number of ether oxygens (including phenoxy) is 2. The van der Waals surface area contributed by atoms with Crippen molar-refractivity contribution in [2.45, 2.75) is 20.0 Å². The molecule has 1 aliphatic heterocycles. The number of hydrogen-bond acceptors (Lipinski definition) is 5. The average molecular weight is 457 g/mol. The van der Waals surface area contributed by atoms with Gasteiger partial charge in [0.2, 0.25) is 0 Å². The van der Waals surface area contributed by atoms with Crippen molar-refractivity contribution in [1.29, 1.82) is 0 Å². The van der Waals surface area contributed by atoms with Gasteiger partial charge in [-0.25, -0.2) is 0 Å². The maximum atomic E-state index is 12.5. The molecule has 0 saturated carbocycles. The second-order valence-electron chi connectivity index (χ2n) is 6.79. The van der Waals surface area contributed by atoms with E-state index in [1.165, 1.54) is 11.8 Å². The van der Waals surface area contributed by atoms with Crippen LogP contribution in [-0.2, 0) is 17.8 Å². The summed E-state index contributed by atoms with van der Waals surface area (Å²) in [6.45, 7) is 6.59. The van der Waals surface area contributed by atoms with E-state index in [0.717, 1.165) is 16.7 Å². The van der Waals surface area contributed by atoms with Gasteiger partial charge < -0.3 is 9.47 Å². The second kappa shape index (κ2) is 10.6. The molecule has 1 aliphatic rings. The van der Waals surface area contributed by atoms with Gasteiger partial charge in [0.05, 0.1) is 11.5 Å². The standard InChI is InChI=1S/C24H25ClN2O3S/c1-5-9-17-12-16(14-21-23(28)27(4)24(26-3)31-21)13-20(29-6-2)22(17)30-15-18-10-7-8-11-19(18)25/h5,7-8,10-14H,1,6,9,15H2,2-4H3/b21-14-,26-24?. The predicted octanol–water partition coefficient (Wildman–Crippen LogP) is 5.58. The zero-order chi connectivity index (χ0) is 22.4. The van der Waals surface area contributed by atoms with Crippen molar-refractivity contribution in [2.24, 2.45) is 4.99 Å². The molecule has 0 atom stereocenters. The molecule has 1 heterocycles. The summed E-state index contributed by atoms with van der Waals surface area (Å²) in [5, 5.41) is 1.33. The number of amidine groups is 1. The van der Waals surface area contributed by atoms with Crippen molar-refractivity contribution in [1.82, 2.24) is 4.90 Å². The molecular formula is C24H25ClN2O3S. The summed E-state index contributed by atoms with van der Waals surface area (Å²) in [5.74, 6) is 1.20. The molecule has 5 nitrogen and oxygen atoms in total. The number of halogens is 1. The van der Waals surface area contributed by atoms with Crippen LogP contribution in [0.1, 0.15) is 23.6 Å². The van der Waals surface area contributed by atoms with Gasteiger partial charge in [0.25, 0.3) is 5.91 Å². The Hall–Kier alpha value is -2.70. The summed E-state index contributed by atoms with van der Waals surface area (Å²) in [6.07, 6.45) is 4.27. The minimum absolute atomic E-state index is 0.0760. The highest BCUT2D eigenvalue weighted by molar-refractivity contribution is 8.18. The molecule has 0 spiro atoms. The first-order valence-electron chi connectivity index (χ1n) is 9.89. The highest BCUT2D eigenvalue weighted by Gasteiger charge is 2.29. The molecule has 0 radical (unpaired) electrons. The van der Waals surface area contributed by atoms with E-state index in [0.29, 0.717) is 46.2 Å². The largest absolute Gasteiger partial charge is 0.490 e. The highest BCUT2D eigenvalue weighted by Crippen LogP contribution is 2.37. The van der Waals surface area contributed by atoms with Gasteiger partial charge in [-0.3, -0.25) is 14.7 Å².